The number of hydrogen-bond donors (Lipinski definition) is 1. The quantitative estimate of drug-likeness (QED) is 0.694. The molecular formula is C18H25N4O2+. The minimum absolute atomic E-state index is 0.350. The fourth-order valence-electron chi connectivity index (χ4n) is 3.34. The number of carbonyl (C=O) groups is 1. The smallest absolute Gasteiger partial charge is 0.357 e. The van der Waals surface area contributed by atoms with Gasteiger partial charge in [0, 0.05) is 0 Å². The molecule has 3 aromatic rings. The van der Waals surface area contributed by atoms with Crippen LogP contribution in [0.5, 0.6) is 0 Å². The zero-order chi connectivity index (χ0) is 17.3. The Balaban J connectivity index is 2.18. The Labute approximate surface area is 141 Å². The first kappa shape index (κ1) is 16.5. The van der Waals surface area contributed by atoms with Crippen LogP contribution in [0, 0.1) is 6.92 Å². The maximum absolute atomic E-state index is 12.2. The van der Waals surface area contributed by atoms with Crippen LogP contribution in [-0.2, 0) is 11.3 Å². The average Bonchev–Trinajstić information content (AvgIpc) is 3.09. The number of rotatable bonds is 6. The van der Waals surface area contributed by atoms with Crippen LogP contribution in [0.4, 0.5) is 0 Å². The van der Waals surface area contributed by atoms with Crippen molar-refractivity contribution in [2.24, 2.45) is 0 Å². The number of nitrogens with zero attached hydrogens (tertiary/aromatic N) is 3. The van der Waals surface area contributed by atoms with Gasteiger partial charge in [-0.2, -0.15) is 0 Å². The number of likely N-dealkylation sites (N-methyl/N-ethyl adjacent to an activating group) is 1. The topological polar surface area (TPSA) is 53.0 Å². The highest BCUT2D eigenvalue weighted by Crippen LogP contribution is 2.24. The maximum atomic E-state index is 12.2. The Hall–Kier alpha value is -2.34. The lowest BCUT2D eigenvalue weighted by molar-refractivity contribution is -0.897. The van der Waals surface area contributed by atoms with E-state index in [1.807, 2.05) is 29.5 Å². The average molecular weight is 329 g/mol. The summed E-state index contributed by atoms with van der Waals surface area (Å²) < 4.78 is 9.09. The van der Waals surface area contributed by atoms with E-state index < -0.39 is 0 Å². The first-order chi connectivity index (χ1) is 11.6. The van der Waals surface area contributed by atoms with Crippen LogP contribution in [0.1, 0.15) is 30.0 Å². The molecule has 0 atom stereocenters. The Morgan fingerprint density at radius 1 is 1.21 bits per heavy atom. The van der Waals surface area contributed by atoms with Gasteiger partial charge in [0.1, 0.15) is 0 Å². The van der Waals surface area contributed by atoms with E-state index in [1.165, 1.54) is 7.11 Å². The lowest BCUT2D eigenvalue weighted by Gasteiger charge is -2.15. The summed E-state index contributed by atoms with van der Waals surface area (Å²) in [6.07, 6.45) is 0. The third-order valence-electron chi connectivity index (χ3n) is 4.76. The third kappa shape index (κ3) is 2.57. The van der Waals surface area contributed by atoms with Gasteiger partial charge in [-0.3, -0.25) is 4.40 Å². The fourth-order valence-corrected chi connectivity index (χ4v) is 3.34. The molecule has 128 valence electrons. The SMILES string of the molecule is CC[NH+](CC)CCn1c2ccccc2n2c(C(=O)OC)c(C)nc12. The largest absolute Gasteiger partial charge is 0.464 e. The van der Waals surface area contributed by atoms with Crippen molar-refractivity contribution in [2.75, 3.05) is 26.7 Å². The summed E-state index contributed by atoms with van der Waals surface area (Å²) in [5.74, 6) is 0.456. The number of esters is 1. The molecule has 24 heavy (non-hydrogen) atoms. The molecule has 3 rings (SSSR count). The van der Waals surface area contributed by atoms with Gasteiger partial charge < -0.3 is 14.2 Å². The number of aryl methyl sites for hydroxylation is 1. The Bertz CT molecular complexity index is 874. The van der Waals surface area contributed by atoms with Crippen molar-refractivity contribution >= 4 is 22.8 Å². The molecule has 1 aromatic carbocycles. The van der Waals surface area contributed by atoms with Gasteiger partial charge in [-0.1, -0.05) is 12.1 Å². The zero-order valence-electron chi connectivity index (χ0n) is 14.8. The van der Waals surface area contributed by atoms with Crippen LogP contribution in [0.15, 0.2) is 24.3 Å². The number of methoxy groups -OCH3 is 1. The second kappa shape index (κ2) is 6.65. The summed E-state index contributed by atoms with van der Waals surface area (Å²) in [4.78, 5) is 18.4. The van der Waals surface area contributed by atoms with Crippen LogP contribution < -0.4 is 4.90 Å². The van der Waals surface area contributed by atoms with Crippen LogP contribution in [0.3, 0.4) is 0 Å². The summed E-state index contributed by atoms with van der Waals surface area (Å²) in [5, 5.41) is 0. The van der Waals surface area contributed by atoms with Gasteiger partial charge in [-0.05, 0) is 32.9 Å². The molecule has 0 spiro atoms. The van der Waals surface area contributed by atoms with Crippen molar-refractivity contribution in [1.29, 1.82) is 0 Å². The van der Waals surface area contributed by atoms with Crippen molar-refractivity contribution in [1.82, 2.24) is 14.0 Å². The van der Waals surface area contributed by atoms with Crippen LogP contribution in [-0.4, -0.2) is 46.7 Å². The molecule has 0 saturated carbocycles. The normalized spacial score (nSPS) is 11.7. The molecule has 0 fully saturated rings. The highest BCUT2D eigenvalue weighted by molar-refractivity contribution is 5.93. The number of para-hydroxylation sites is 2. The molecule has 0 bridgehead atoms. The number of benzene rings is 1. The van der Waals surface area contributed by atoms with E-state index >= 15 is 0 Å². The third-order valence-corrected chi connectivity index (χ3v) is 4.76. The Kier molecular flexibility index (Phi) is 4.57. The zero-order valence-corrected chi connectivity index (χ0v) is 14.8. The van der Waals surface area contributed by atoms with Gasteiger partial charge in [0.25, 0.3) is 0 Å². The monoisotopic (exact) mass is 329 g/mol. The highest BCUT2D eigenvalue weighted by atomic mass is 16.5. The second-order valence-corrected chi connectivity index (χ2v) is 6.02. The molecule has 2 heterocycles. The van der Waals surface area contributed by atoms with Crippen LogP contribution in [0.25, 0.3) is 16.8 Å². The molecule has 0 aliphatic carbocycles. The molecule has 1 N–H and O–H groups in total. The number of carbonyl (C=O) groups excluding carboxylic acids is 1. The van der Waals surface area contributed by atoms with E-state index in [9.17, 15) is 4.79 Å². The molecule has 0 aliphatic heterocycles. The predicted molar refractivity (Wildman–Crippen MR) is 93.7 cm³/mol. The summed E-state index contributed by atoms with van der Waals surface area (Å²) >= 11 is 0. The molecule has 0 unspecified atom stereocenters. The summed E-state index contributed by atoms with van der Waals surface area (Å²) in [6.45, 7) is 10.4. The van der Waals surface area contributed by atoms with E-state index in [2.05, 4.69) is 29.5 Å². The van der Waals surface area contributed by atoms with Crippen LogP contribution in [0.2, 0.25) is 0 Å². The van der Waals surface area contributed by atoms with Crippen LogP contribution >= 0.6 is 0 Å². The fraction of sp³-hybridized carbons (Fsp3) is 0.444. The molecule has 0 radical (unpaired) electrons. The van der Waals surface area contributed by atoms with Gasteiger partial charge in [0.2, 0.25) is 5.78 Å². The van der Waals surface area contributed by atoms with E-state index in [0.717, 1.165) is 43.0 Å². The lowest BCUT2D eigenvalue weighted by atomic mass is 10.3. The number of aromatic nitrogens is 3. The highest BCUT2D eigenvalue weighted by Gasteiger charge is 2.23. The van der Waals surface area contributed by atoms with Gasteiger partial charge >= 0.3 is 5.97 Å². The van der Waals surface area contributed by atoms with E-state index in [0.29, 0.717) is 11.4 Å². The molecule has 6 heteroatoms. The van der Waals surface area contributed by atoms with Crippen molar-refractivity contribution in [3.63, 3.8) is 0 Å². The van der Waals surface area contributed by atoms with E-state index in [1.54, 1.807) is 4.90 Å². The van der Waals surface area contributed by atoms with Gasteiger partial charge in [0.15, 0.2) is 5.69 Å². The first-order valence-corrected chi connectivity index (χ1v) is 8.50. The number of ether oxygens (including phenoxy) is 1. The Morgan fingerprint density at radius 2 is 1.88 bits per heavy atom. The number of fused-ring (bicyclic) bond motifs is 3. The number of quaternary nitrogens is 1. The van der Waals surface area contributed by atoms with Crippen molar-refractivity contribution in [2.45, 2.75) is 27.3 Å². The minimum atomic E-state index is -0.350. The van der Waals surface area contributed by atoms with Crippen molar-refractivity contribution in [3.05, 3.63) is 35.7 Å². The first-order valence-electron chi connectivity index (χ1n) is 8.50. The number of imidazole rings is 2. The molecule has 0 saturated heterocycles. The summed E-state index contributed by atoms with van der Waals surface area (Å²) in [6, 6.07) is 8.11. The molecule has 6 nitrogen and oxygen atoms in total. The standard InChI is InChI=1S/C18H24N4O2/c1-5-20(6-2)11-12-21-14-9-7-8-10-15(14)22-16(17(23)24-4)13(3)19-18(21)22/h7-10H,5-6,11-12H2,1-4H3/p+1. The van der Waals surface area contributed by atoms with Crippen molar-refractivity contribution in [3.8, 4) is 0 Å². The van der Waals surface area contributed by atoms with E-state index in [-0.39, 0.29) is 5.97 Å². The second-order valence-electron chi connectivity index (χ2n) is 6.02. The summed E-state index contributed by atoms with van der Waals surface area (Å²) in [7, 11) is 1.41. The predicted octanol–water partition coefficient (Wildman–Crippen LogP) is 1.31. The number of hydrogen-bond acceptors (Lipinski definition) is 3. The Morgan fingerprint density at radius 3 is 2.50 bits per heavy atom. The van der Waals surface area contributed by atoms with E-state index in [4.69, 9.17) is 4.74 Å². The molecular weight excluding hydrogens is 304 g/mol. The van der Waals surface area contributed by atoms with Gasteiger partial charge in [-0.15, -0.1) is 0 Å². The lowest BCUT2D eigenvalue weighted by Crippen LogP contribution is -3.11. The number of nitrogens with one attached hydrogen (secondary N) is 1. The van der Waals surface area contributed by atoms with Gasteiger partial charge in [-0.25, -0.2) is 9.78 Å². The maximum Gasteiger partial charge on any atom is 0.357 e. The molecule has 0 aliphatic rings. The molecule has 2 aromatic heterocycles. The molecule has 0 amide bonds. The summed E-state index contributed by atoms with van der Waals surface area (Å²) in [5.41, 5.74) is 3.30. The van der Waals surface area contributed by atoms with Crippen molar-refractivity contribution < 1.29 is 14.4 Å². The van der Waals surface area contributed by atoms with Gasteiger partial charge in [0.05, 0.1) is 50.0 Å². The minimum Gasteiger partial charge on any atom is -0.464 e.